The van der Waals surface area contributed by atoms with Crippen molar-refractivity contribution in [3.05, 3.63) is 81.2 Å². The maximum absolute atomic E-state index is 13.3. The Labute approximate surface area is 241 Å². The van der Waals surface area contributed by atoms with Crippen LogP contribution in [0.1, 0.15) is 30.7 Å². The van der Waals surface area contributed by atoms with Gasteiger partial charge in [0.25, 0.3) is 0 Å². The molecule has 198 valence electrons. The van der Waals surface area contributed by atoms with Crippen LogP contribution in [-0.4, -0.2) is 34.8 Å². The minimum Gasteiger partial charge on any atom is -0.497 e. The Morgan fingerprint density at radius 2 is 2.08 bits per heavy atom. The Bertz CT molecular complexity index is 1540. The van der Waals surface area contributed by atoms with Crippen molar-refractivity contribution in [2.45, 2.75) is 29.5 Å². The number of nitrogens with two attached hydrogens (primary N) is 1. The van der Waals surface area contributed by atoms with E-state index in [9.17, 15) is 14.9 Å². The van der Waals surface area contributed by atoms with Gasteiger partial charge in [-0.05, 0) is 54.8 Å². The fraction of sp³-hybridized carbons (Fsp3) is 0.222. The number of nitrogens with one attached hydrogen (secondary N) is 1. The van der Waals surface area contributed by atoms with Gasteiger partial charge in [-0.25, -0.2) is 0 Å². The number of ether oxygens (including phenoxy) is 1. The zero-order valence-electron chi connectivity index (χ0n) is 20.8. The number of methoxy groups -OCH3 is 1. The van der Waals surface area contributed by atoms with Crippen molar-refractivity contribution in [2.24, 2.45) is 5.73 Å². The third-order valence-corrected chi connectivity index (χ3v) is 8.95. The molecule has 1 amide bonds. The van der Waals surface area contributed by atoms with Gasteiger partial charge in [0.05, 0.1) is 30.4 Å². The van der Waals surface area contributed by atoms with Crippen LogP contribution in [-0.2, 0) is 9.59 Å². The number of Topliss-reactive ketones (excluding diaryl/α,β-unsaturated/α-hetero) is 1. The molecule has 1 aromatic heterocycles. The summed E-state index contributed by atoms with van der Waals surface area (Å²) in [5.41, 5.74) is 9.64. The van der Waals surface area contributed by atoms with Gasteiger partial charge in [-0.2, -0.15) is 5.26 Å². The summed E-state index contributed by atoms with van der Waals surface area (Å²) in [7, 11) is 1.57. The van der Waals surface area contributed by atoms with Gasteiger partial charge >= 0.3 is 0 Å². The van der Waals surface area contributed by atoms with Crippen molar-refractivity contribution >= 4 is 61.5 Å². The molecule has 2 aromatic carbocycles. The second-order valence-corrected chi connectivity index (χ2v) is 11.9. The Morgan fingerprint density at radius 1 is 1.28 bits per heavy atom. The van der Waals surface area contributed by atoms with Crippen molar-refractivity contribution in [3.8, 4) is 11.8 Å². The van der Waals surface area contributed by atoms with Crippen molar-refractivity contribution in [1.82, 2.24) is 10.2 Å². The van der Waals surface area contributed by atoms with Crippen LogP contribution in [0.4, 0.5) is 10.8 Å². The van der Waals surface area contributed by atoms with Crippen LogP contribution >= 0.6 is 39.0 Å². The summed E-state index contributed by atoms with van der Waals surface area (Å²) in [6, 6.07) is 16.9. The molecule has 3 N–H and O–H groups in total. The molecule has 2 aliphatic rings. The van der Waals surface area contributed by atoms with E-state index in [0.29, 0.717) is 45.7 Å². The molecule has 0 saturated carbocycles. The number of amides is 1. The highest BCUT2D eigenvalue weighted by atomic mass is 79.9. The Hall–Kier alpha value is -3.66. The molecule has 0 saturated heterocycles. The molecular weight excluding hydrogens is 600 g/mol. The molecule has 9 nitrogen and oxygen atoms in total. The topological polar surface area (TPSA) is 134 Å². The summed E-state index contributed by atoms with van der Waals surface area (Å²) in [5.74, 6) is 0.216. The molecule has 5 rings (SSSR count). The summed E-state index contributed by atoms with van der Waals surface area (Å²) in [4.78, 5) is 27.4. The number of rotatable bonds is 7. The predicted molar refractivity (Wildman–Crippen MR) is 154 cm³/mol. The number of benzene rings is 2. The fourth-order valence-corrected chi connectivity index (χ4v) is 6.61. The van der Waals surface area contributed by atoms with E-state index in [0.717, 1.165) is 15.7 Å². The molecule has 1 aliphatic heterocycles. The van der Waals surface area contributed by atoms with Gasteiger partial charge in [0, 0.05) is 27.9 Å². The molecular formula is C27H23BrN6O3S2. The lowest BCUT2D eigenvalue weighted by Gasteiger charge is -2.38. The molecule has 0 radical (unpaired) electrons. The van der Waals surface area contributed by atoms with Crippen molar-refractivity contribution in [2.75, 3.05) is 23.1 Å². The molecule has 0 bridgehead atoms. The summed E-state index contributed by atoms with van der Waals surface area (Å²) in [6.07, 6.45) is 1.68. The van der Waals surface area contributed by atoms with E-state index in [2.05, 4.69) is 37.5 Å². The molecule has 39 heavy (non-hydrogen) atoms. The molecule has 1 aliphatic carbocycles. The number of nitriles is 1. The van der Waals surface area contributed by atoms with Gasteiger partial charge in [-0.3, -0.25) is 14.5 Å². The van der Waals surface area contributed by atoms with Gasteiger partial charge in [-0.15, -0.1) is 10.2 Å². The minimum atomic E-state index is -0.590. The average Bonchev–Trinajstić information content (AvgIpc) is 3.41. The van der Waals surface area contributed by atoms with Crippen LogP contribution in [0.5, 0.6) is 5.75 Å². The average molecular weight is 624 g/mol. The zero-order chi connectivity index (χ0) is 27.5. The number of hydrogen-bond acceptors (Lipinski definition) is 10. The normalized spacial score (nSPS) is 17.1. The number of anilines is 2. The van der Waals surface area contributed by atoms with Crippen LogP contribution < -0.4 is 20.7 Å². The SMILES string of the molecule is COc1cccc(C2C(C#N)=C(N)N(c3nnc(SCC(=O)Nc4ccc(Br)cc4)s3)C3=C2C(=O)CCC3)c1. The fourth-order valence-electron chi connectivity index (χ4n) is 4.67. The number of carbonyl (C=O) groups is 2. The van der Waals surface area contributed by atoms with E-state index in [1.165, 1.54) is 23.1 Å². The van der Waals surface area contributed by atoms with E-state index in [-0.39, 0.29) is 28.8 Å². The van der Waals surface area contributed by atoms with Gasteiger partial charge in [0.15, 0.2) is 10.1 Å². The second-order valence-electron chi connectivity index (χ2n) is 8.79. The van der Waals surface area contributed by atoms with E-state index >= 15 is 0 Å². The Morgan fingerprint density at radius 3 is 2.82 bits per heavy atom. The van der Waals surface area contributed by atoms with Gasteiger partial charge in [0.1, 0.15) is 11.6 Å². The van der Waals surface area contributed by atoms with E-state index in [1.807, 2.05) is 48.5 Å². The third kappa shape index (κ3) is 5.56. The highest BCUT2D eigenvalue weighted by Crippen LogP contribution is 2.47. The number of allylic oxidation sites excluding steroid dienone is 3. The maximum Gasteiger partial charge on any atom is 0.234 e. The van der Waals surface area contributed by atoms with E-state index < -0.39 is 5.92 Å². The van der Waals surface area contributed by atoms with Crippen molar-refractivity contribution in [3.63, 3.8) is 0 Å². The van der Waals surface area contributed by atoms with Gasteiger partial charge in [0.2, 0.25) is 11.0 Å². The van der Waals surface area contributed by atoms with E-state index in [1.54, 1.807) is 12.0 Å². The van der Waals surface area contributed by atoms with Crippen LogP contribution in [0.15, 0.2) is 80.0 Å². The first kappa shape index (κ1) is 26.9. The van der Waals surface area contributed by atoms with Gasteiger partial charge in [-0.1, -0.05) is 51.2 Å². The maximum atomic E-state index is 13.3. The summed E-state index contributed by atoms with van der Waals surface area (Å²) in [5, 5.41) is 22.0. The standard InChI is InChI=1S/C27H23BrN6O3S2/c1-37-18-5-2-4-15(12-18)23-19(13-29)25(30)34(20-6-3-7-21(35)24(20)23)26-32-33-27(39-26)38-14-22(36)31-17-10-8-16(28)9-11-17/h2,4-5,8-12,23H,3,6-7,14,30H2,1H3,(H,31,36). The number of thioether (sulfide) groups is 1. The molecule has 1 unspecified atom stereocenters. The predicted octanol–water partition coefficient (Wildman–Crippen LogP) is 5.34. The lowest BCUT2D eigenvalue weighted by molar-refractivity contribution is -0.116. The van der Waals surface area contributed by atoms with Crippen molar-refractivity contribution < 1.29 is 14.3 Å². The Balaban J connectivity index is 1.42. The largest absolute Gasteiger partial charge is 0.497 e. The lowest BCUT2D eigenvalue weighted by atomic mass is 9.76. The van der Waals surface area contributed by atoms with Crippen LogP contribution in [0.25, 0.3) is 0 Å². The first-order valence-corrected chi connectivity index (χ1v) is 14.6. The molecule has 0 spiro atoms. The number of carbonyl (C=O) groups excluding carboxylic acids is 2. The second kappa shape index (κ2) is 11.6. The number of halogens is 1. The molecule has 0 fully saturated rings. The number of aromatic nitrogens is 2. The van der Waals surface area contributed by atoms with Crippen LogP contribution in [0, 0.1) is 11.3 Å². The third-order valence-electron chi connectivity index (χ3n) is 6.38. The highest BCUT2D eigenvalue weighted by molar-refractivity contribution is 9.10. The van der Waals surface area contributed by atoms with Crippen LogP contribution in [0.3, 0.4) is 0 Å². The first-order valence-electron chi connectivity index (χ1n) is 12.0. The molecule has 12 heteroatoms. The molecule has 2 heterocycles. The smallest absolute Gasteiger partial charge is 0.234 e. The summed E-state index contributed by atoms with van der Waals surface area (Å²) < 4.78 is 6.88. The monoisotopic (exact) mass is 622 g/mol. The van der Waals surface area contributed by atoms with E-state index in [4.69, 9.17) is 10.5 Å². The Kier molecular flexibility index (Phi) is 8.02. The number of hydrogen-bond donors (Lipinski definition) is 2. The molecule has 1 atom stereocenters. The quantitative estimate of drug-likeness (QED) is 0.334. The number of ketones is 1. The van der Waals surface area contributed by atoms with Gasteiger partial charge < -0.3 is 15.8 Å². The highest BCUT2D eigenvalue weighted by Gasteiger charge is 2.41. The lowest BCUT2D eigenvalue weighted by Crippen LogP contribution is -2.38. The number of nitrogens with zero attached hydrogens (tertiary/aromatic N) is 4. The molecule has 3 aromatic rings. The van der Waals surface area contributed by atoms with Crippen LogP contribution in [0.2, 0.25) is 0 Å². The zero-order valence-corrected chi connectivity index (χ0v) is 24.0. The summed E-state index contributed by atoms with van der Waals surface area (Å²) >= 11 is 5.89. The van der Waals surface area contributed by atoms with Crippen molar-refractivity contribution in [1.29, 1.82) is 5.26 Å². The minimum absolute atomic E-state index is 0.0157. The summed E-state index contributed by atoms with van der Waals surface area (Å²) in [6.45, 7) is 0. The first-order chi connectivity index (χ1) is 18.9.